The van der Waals surface area contributed by atoms with E-state index in [9.17, 15) is 0 Å². The minimum Gasteiger partial charge on any atom is -0.378 e. The summed E-state index contributed by atoms with van der Waals surface area (Å²) in [5.41, 5.74) is 1.45. The molecule has 1 saturated heterocycles. The van der Waals surface area contributed by atoms with Crippen molar-refractivity contribution in [3.8, 4) is 0 Å². The van der Waals surface area contributed by atoms with Crippen molar-refractivity contribution in [2.75, 3.05) is 6.61 Å². The smallest absolute Gasteiger partial charge is 0.0587 e. The second-order valence-electron chi connectivity index (χ2n) is 5.03. The zero-order chi connectivity index (χ0) is 12.1. The fourth-order valence-electron chi connectivity index (χ4n) is 2.54. The summed E-state index contributed by atoms with van der Waals surface area (Å²) in [6, 6.07) is 3.43. The molecule has 0 amide bonds. The van der Waals surface area contributed by atoms with Crippen LogP contribution in [0.2, 0.25) is 0 Å². The maximum Gasteiger partial charge on any atom is 0.0587 e. The van der Waals surface area contributed by atoms with Gasteiger partial charge in [0.15, 0.2) is 0 Å². The van der Waals surface area contributed by atoms with Crippen molar-refractivity contribution in [2.45, 2.75) is 57.7 Å². The molecule has 3 heteroatoms. The molecule has 2 nitrogen and oxygen atoms in total. The van der Waals surface area contributed by atoms with Crippen molar-refractivity contribution in [1.29, 1.82) is 0 Å². The van der Waals surface area contributed by atoms with Crippen LogP contribution < -0.4 is 5.32 Å². The SMILES string of the molecule is CCC1CC(NC(C)Cc2ccsc2)CCO1. The lowest BCUT2D eigenvalue weighted by atomic mass is 10.00. The summed E-state index contributed by atoms with van der Waals surface area (Å²) in [5.74, 6) is 0. The van der Waals surface area contributed by atoms with E-state index >= 15 is 0 Å². The van der Waals surface area contributed by atoms with Gasteiger partial charge in [0.1, 0.15) is 0 Å². The predicted molar refractivity (Wildman–Crippen MR) is 73.7 cm³/mol. The number of nitrogens with one attached hydrogen (secondary N) is 1. The van der Waals surface area contributed by atoms with Gasteiger partial charge in [-0.25, -0.2) is 0 Å². The van der Waals surface area contributed by atoms with E-state index in [1.54, 1.807) is 11.3 Å². The van der Waals surface area contributed by atoms with Crippen LogP contribution >= 0.6 is 11.3 Å². The summed E-state index contributed by atoms with van der Waals surface area (Å²) >= 11 is 1.78. The van der Waals surface area contributed by atoms with Crippen LogP contribution in [-0.4, -0.2) is 24.8 Å². The minimum absolute atomic E-state index is 0.467. The molecule has 2 heterocycles. The lowest BCUT2D eigenvalue weighted by Gasteiger charge is -2.31. The zero-order valence-corrected chi connectivity index (χ0v) is 11.6. The second kappa shape index (κ2) is 6.53. The van der Waals surface area contributed by atoms with Crippen molar-refractivity contribution in [3.05, 3.63) is 22.4 Å². The largest absolute Gasteiger partial charge is 0.378 e. The van der Waals surface area contributed by atoms with Gasteiger partial charge in [-0.15, -0.1) is 0 Å². The molecular formula is C14H23NOS. The highest BCUT2D eigenvalue weighted by molar-refractivity contribution is 7.07. The molecule has 1 aromatic rings. The maximum atomic E-state index is 5.71. The Balaban J connectivity index is 1.76. The first-order valence-electron chi connectivity index (χ1n) is 6.66. The molecule has 1 N–H and O–H groups in total. The normalized spacial score (nSPS) is 26.9. The number of ether oxygens (including phenoxy) is 1. The number of rotatable bonds is 5. The lowest BCUT2D eigenvalue weighted by molar-refractivity contribution is -0.00157. The van der Waals surface area contributed by atoms with E-state index < -0.39 is 0 Å². The summed E-state index contributed by atoms with van der Waals surface area (Å²) in [4.78, 5) is 0. The molecule has 17 heavy (non-hydrogen) atoms. The van der Waals surface area contributed by atoms with Crippen molar-refractivity contribution < 1.29 is 4.74 Å². The summed E-state index contributed by atoms with van der Waals surface area (Å²) in [6.45, 7) is 5.41. The van der Waals surface area contributed by atoms with Crippen LogP contribution in [0.15, 0.2) is 16.8 Å². The molecule has 0 aliphatic carbocycles. The highest BCUT2D eigenvalue weighted by Crippen LogP contribution is 2.17. The van der Waals surface area contributed by atoms with Crippen molar-refractivity contribution in [2.24, 2.45) is 0 Å². The fraction of sp³-hybridized carbons (Fsp3) is 0.714. The predicted octanol–water partition coefficient (Wildman–Crippen LogP) is 3.23. The number of hydrogen-bond acceptors (Lipinski definition) is 3. The average Bonchev–Trinajstić information content (AvgIpc) is 2.82. The van der Waals surface area contributed by atoms with Crippen LogP contribution in [-0.2, 0) is 11.2 Å². The van der Waals surface area contributed by atoms with Gasteiger partial charge >= 0.3 is 0 Å². The van der Waals surface area contributed by atoms with Gasteiger partial charge in [0, 0.05) is 18.7 Å². The Bertz CT molecular complexity index is 312. The van der Waals surface area contributed by atoms with E-state index in [4.69, 9.17) is 4.74 Å². The van der Waals surface area contributed by atoms with Gasteiger partial charge in [0.2, 0.25) is 0 Å². The van der Waals surface area contributed by atoms with E-state index in [0.29, 0.717) is 18.2 Å². The van der Waals surface area contributed by atoms with E-state index in [0.717, 1.165) is 25.9 Å². The van der Waals surface area contributed by atoms with E-state index in [1.807, 2.05) is 0 Å². The highest BCUT2D eigenvalue weighted by Gasteiger charge is 2.22. The molecule has 1 aliphatic heterocycles. The van der Waals surface area contributed by atoms with E-state index in [-0.39, 0.29) is 0 Å². The Morgan fingerprint density at radius 2 is 2.47 bits per heavy atom. The average molecular weight is 253 g/mol. The Morgan fingerprint density at radius 3 is 3.18 bits per heavy atom. The Labute approximate surface area is 108 Å². The quantitative estimate of drug-likeness (QED) is 0.870. The number of hydrogen-bond donors (Lipinski definition) is 1. The van der Waals surface area contributed by atoms with Crippen LogP contribution in [0.1, 0.15) is 38.7 Å². The van der Waals surface area contributed by atoms with Gasteiger partial charge in [0.05, 0.1) is 6.10 Å². The third-order valence-electron chi connectivity index (χ3n) is 3.46. The van der Waals surface area contributed by atoms with E-state index in [2.05, 4.69) is 36.0 Å². The van der Waals surface area contributed by atoms with Gasteiger partial charge in [-0.3, -0.25) is 0 Å². The summed E-state index contributed by atoms with van der Waals surface area (Å²) in [5, 5.41) is 8.15. The van der Waals surface area contributed by atoms with Crippen LogP contribution in [0.3, 0.4) is 0 Å². The highest BCUT2D eigenvalue weighted by atomic mass is 32.1. The van der Waals surface area contributed by atoms with Crippen LogP contribution in [0, 0.1) is 0 Å². The molecule has 0 spiro atoms. The molecule has 1 fully saturated rings. The third-order valence-corrected chi connectivity index (χ3v) is 4.20. The third kappa shape index (κ3) is 4.09. The molecule has 1 aromatic heterocycles. The van der Waals surface area contributed by atoms with Gasteiger partial charge in [-0.05, 0) is 55.0 Å². The molecule has 0 aromatic carbocycles. The van der Waals surface area contributed by atoms with Crippen LogP contribution in [0.25, 0.3) is 0 Å². The summed E-state index contributed by atoms with van der Waals surface area (Å²) < 4.78 is 5.71. The van der Waals surface area contributed by atoms with Crippen LogP contribution in [0.5, 0.6) is 0 Å². The lowest BCUT2D eigenvalue weighted by Crippen LogP contribution is -2.43. The molecule has 0 saturated carbocycles. The first kappa shape index (κ1) is 13.1. The van der Waals surface area contributed by atoms with Gasteiger partial charge in [-0.1, -0.05) is 6.92 Å². The van der Waals surface area contributed by atoms with Gasteiger partial charge in [0.25, 0.3) is 0 Å². The topological polar surface area (TPSA) is 21.3 Å². The summed E-state index contributed by atoms with van der Waals surface area (Å²) in [6.07, 6.45) is 5.07. The Hall–Kier alpha value is -0.380. The first-order valence-corrected chi connectivity index (χ1v) is 7.61. The monoisotopic (exact) mass is 253 g/mol. The fourth-order valence-corrected chi connectivity index (χ4v) is 3.22. The first-order chi connectivity index (χ1) is 8.28. The van der Waals surface area contributed by atoms with Crippen LogP contribution in [0.4, 0.5) is 0 Å². The maximum absolute atomic E-state index is 5.71. The minimum atomic E-state index is 0.467. The molecule has 0 radical (unpaired) electrons. The summed E-state index contributed by atoms with van der Waals surface area (Å²) in [7, 11) is 0. The molecule has 0 bridgehead atoms. The standard InChI is InChI=1S/C14H23NOS/c1-3-14-9-13(4-6-16-14)15-11(2)8-12-5-7-17-10-12/h5,7,10-11,13-15H,3-4,6,8-9H2,1-2H3. The van der Waals surface area contributed by atoms with Crippen molar-refractivity contribution in [1.82, 2.24) is 5.32 Å². The molecule has 96 valence electrons. The molecule has 1 aliphatic rings. The van der Waals surface area contributed by atoms with Gasteiger partial charge < -0.3 is 10.1 Å². The second-order valence-corrected chi connectivity index (χ2v) is 5.81. The molecule has 2 rings (SSSR count). The molecular weight excluding hydrogens is 230 g/mol. The van der Waals surface area contributed by atoms with Crippen molar-refractivity contribution >= 4 is 11.3 Å². The van der Waals surface area contributed by atoms with Crippen molar-refractivity contribution in [3.63, 3.8) is 0 Å². The Morgan fingerprint density at radius 1 is 1.59 bits per heavy atom. The zero-order valence-electron chi connectivity index (χ0n) is 10.8. The molecule has 3 atom stereocenters. The number of thiophene rings is 1. The Kier molecular flexibility index (Phi) is 5.01. The van der Waals surface area contributed by atoms with E-state index in [1.165, 1.54) is 12.0 Å². The van der Waals surface area contributed by atoms with Gasteiger partial charge in [-0.2, -0.15) is 11.3 Å². The molecule has 3 unspecified atom stereocenters.